The van der Waals surface area contributed by atoms with Crippen molar-refractivity contribution in [1.82, 2.24) is 10.2 Å². The van der Waals surface area contributed by atoms with Crippen LogP contribution in [0.2, 0.25) is 0 Å². The predicted molar refractivity (Wildman–Crippen MR) is 79.8 cm³/mol. The first-order chi connectivity index (χ1) is 10.2. The van der Waals surface area contributed by atoms with E-state index in [-0.39, 0.29) is 12.8 Å². The molecular weight excluding hydrogens is 270 g/mol. The maximum atomic E-state index is 11.9. The highest BCUT2D eigenvalue weighted by Gasteiger charge is 2.18. The van der Waals surface area contributed by atoms with Gasteiger partial charge in [0, 0.05) is 18.3 Å². The van der Waals surface area contributed by atoms with E-state index in [1.807, 2.05) is 6.07 Å². The highest BCUT2D eigenvalue weighted by Crippen LogP contribution is 2.34. The smallest absolute Gasteiger partial charge is 0.319 e. The molecule has 0 aromatic heterocycles. The monoisotopic (exact) mass is 291 g/mol. The van der Waals surface area contributed by atoms with Crippen LogP contribution in [0.25, 0.3) is 0 Å². The van der Waals surface area contributed by atoms with Gasteiger partial charge in [-0.3, -0.25) is 0 Å². The molecule has 2 aliphatic rings. The second kappa shape index (κ2) is 6.22. The van der Waals surface area contributed by atoms with E-state index in [1.54, 1.807) is 12.1 Å². The highest BCUT2D eigenvalue weighted by atomic mass is 16.7. The molecule has 1 aromatic carbocycles. The van der Waals surface area contributed by atoms with Crippen LogP contribution >= 0.6 is 0 Å². The third-order valence-electron chi connectivity index (χ3n) is 4.02. The third kappa shape index (κ3) is 3.58. The van der Waals surface area contributed by atoms with E-state index in [2.05, 4.69) is 22.6 Å². The zero-order chi connectivity index (χ0) is 14.7. The fraction of sp³-hybridized carbons (Fsp3) is 0.533. The number of fused-ring (bicyclic) bond motifs is 1. The Balaban J connectivity index is 1.46. The molecule has 3 rings (SSSR count). The molecule has 2 amide bonds. The van der Waals surface area contributed by atoms with Gasteiger partial charge < -0.3 is 25.0 Å². The minimum absolute atomic E-state index is 0.173. The molecule has 0 saturated carbocycles. The molecule has 6 heteroatoms. The molecule has 0 aliphatic carbocycles. The lowest BCUT2D eigenvalue weighted by Gasteiger charge is -2.28. The summed E-state index contributed by atoms with van der Waals surface area (Å²) in [5.41, 5.74) is 0.708. The second-order valence-corrected chi connectivity index (χ2v) is 5.65. The molecule has 1 saturated heterocycles. The Kier molecular flexibility index (Phi) is 4.15. The molecule has 21 heavy (non-hydrogen) atoms. The maximum Gasteiger partial charge on any atom is 0.319 e. The van der Waals surface area contributed by atoms with Gasteiger partial charge in [0.15, 0.2) is 11.5 Å². The van der Waals surface area contributed by atoms with Crippen LogP contribution in [-0.2, 0) is 0 Å². The van der Waals surface area contributed by atoms with Crippen LogP contribution < -0.4 is 20.1 Å². The van der Waals surface area contributed by atoms with E-state index in [0.29, 0.717) is 23.1 Å². The summed E-state index contributed by atoms with van der Waals surface area (Å²) in [5, 5.41) is 5.77. The number of piperidine rings is 1. The van der Waals surface area contributed by atoms with E-state index in [4.69, 9.17) is 9.47 Å². The lowest BCUT2D eigenvalue weighted by Crippen LogP contribution is -2.38. The Morgan fingerprint density at radius 2 is 2.05 bits per heavy atom. The number of hydrogen-bond acceptors (Lipinski definition) is 4. The standard InChI is InChI=1S/C15H21N3O3/c1-18-6-4-11(5-7-18)9-16-15(19)17-12-2-3-13-14(8-12)21-10-20-13/h2-3,8,11H,4-7,9-10H2,1H3,(H2,16,17,19). The Morgan fingerprint density at radius 1 is 1.29 bits per heavy atom. The van der Waals surface area contributed by atoms with Gasteiger partial charge in [-0.25, -0.2) is 4.79 Å². The largest absolute Gasteiger partial charge is 0.454 e. The van der Waals surface area contributed by atoms with Crippen LogP contribution in [0.3, 0.4) is 0 Å². The number of nitrogens with zero attached hydrogens (tertiary/aromatic N) is 1. The first-order valence-corrected chi connectivity index (χ1v) is 7.34. The van der Waals surface area contributed by atoms with Crippen molar-refractivity contribution in [1.29, 1.82) is 0 Å². The van der Waals surface area contributed by atoms with Gasteiger partial charge in [0.2, 0.25) is 6.79 Å². The van der Waals surface area contributed by atoms with Gasteiger partial charge in [-0.15, -0.1) is 0 Å². The van der Waals surface area contributed by atoms with Crippen molar-refractivity contribution in [2.45, 2.75) is 12.8 Å². The molecular formula is C15H21N3O3. The number of ether oxygens (including phenoxy) is 2. The van der Waals surface area contributed by atoms with Gasteiger partial charge in [0.25, 0.3) is 0 Å². The Bertz CT molecular complexity index is 513. The minimum atomic E-state index is -0.173. The average molecular weight is 291 g/mol. The Morgan fingerprint density at radius 3 is 2.86 bits per heavy atom. The van der Waals surface area contributed by atoms with Gasteiger partial charge in [-0.1, -0.05) is 0 Å². The summed E-state index contributed by atoms with van der Waals surface area (Å²) in [5.74, 6) is 1.96. The van der Waals surface area contributed by atoms with Crippen LogP contribution in [0, 0.1) is 5.92 Å². The molecule has 0 spiro atoms. The van der Waals surface area contributed by atoms with Crippen molar-refractivity contribution in [2.24, 2.45) is 5.92 Å². The van der Waals surface area contributed by atoms with Crippen LogP contribution in [0.4, 0.5) is 10.5 Å². The number of hydrogen-bond donors (Lipinski definition) is 2. The molecule has 0 bridgehead atoms. The van der Waals surface area contributed by atoms with Crippen LogP contribution in [0.15, 0.2) is 18.2 Å². The van der Waals surface area contributed by atoms with Crippen LogP contribution in [-0.4, -0.2) is 44.4 Å². The van der Waals surface area contributed by atoms with Crippen molar-refractivity contribution < 1.29 is 14.3 Å². The van der Waals surface area contributed by atoms with Gasteiger partial charge >= 0.3 is 6.03 Å². The quantitative estimate of drug-likeness (QED) is 0.892. The third-order valence-corrected chi connectivity index (χ3v) is 4.02. The Hall–Kier alpha value is -1.95. The molecule has 2 N–H and O–H groups in total. The average Bonchev–Trinajstić information content (AvgIpc) is 2.94. The SMILES string of the molecule is CN1CCC(CNC(=O)Nc2ccc3c(c2)OCO3)CC1. The lowest BCUT2D eigenvalue weighted by atomic mass is 9.97. The summed E-state index contributed by atoms with van der Waals surface area (Å²) in [4.78, 5) is 14.2. The second-order valence-electron chi connectivity index (χ2n) is 5.65. The van der Waals surface area contributed by atoms with Gasteiger partial charge in [0.05, 0.1) is 0 Å². The minimum Gasteiger partial charge on any atom is -0.454 e. The number of benzene rings is 1. The van der Waals surface area contributed by atoms with Crippen molar-refractivity contribution in [3.8, 4) is 11.5 Å². The van der Waals surface area contributed by atoms with Crippen molar-refractivity contribution in [3.63, 3.8) is 0 Å². The van der Waals surface area contributed by atoms with Gasteiger partial charge in [0.1, 0.15) is 0 Å². The number of rotatable bonds is 3. The fourth-order valence-corrected chi connectivity index (χ4v) is 2.65. The van der Waals surface area contributed by atoms with E-state index in [0.717, 1.165) is 32.5 Å². The highest BCUT2D eigenvalue weighted by molar-refractivity contribution is 5.89. The molecule has 0 radical (unpaired) electrons. The Labute approximate surface area is 124 Å². The number of nitrogens with one attached hydrogen (secondary N) is 2. The number of carbonyl (C=O) groups excluding carboxylic acids is 1. The number of anilines is 1. The number of amides is 2. The molecule has 0 atom stereocenters. The first-order valence-electron chi connectivity index (χ1n) is 7.34. The number of urea groups is 1. The normalized spacial score (nSPS) is 18.5. The maximum absolute atomic E-state index is 11.9. The molecule has 0 unspecified atom stereocenters. The number of likely N-dealkylation sites (tertiary alicyclic amines) is 1. The van der Waals surface area contributed by atoms with Crippen LogP contribution in [0.1, 0.15) is 12.8 Å². The fourth-order valence-electron chi connectivity index (χ4n) is 2.65. The first kappa shape index (κ1) is 14.0. The zero-order valence-electron chi connectivity index (χ0n) is 12.2. The molecule has 1 fully saturated rings. The molecule has 2 heterocycles. The summed E-state index contributed by atoms with van der Waals surface area (Å²) in [6, 6.07) is 5.21. The van der Waals surface area contributed by atoms with E-state index in [1.165, 1.54) is 0 Å². The topological polar surface area (TPSA) is 62.8 Å². The van der Waals surface area contributed by atoms with Gasteiger partial charge in [-0.2, -0.15) is 0 Å². The summed E-state index contributed by atoms with van der Waals surface area (Å²) in [6.07, 6.45) is 2.28. The van der Waals surface area contributed by atoms with E-state index >= 15 is 0 Å². The van der Waals surface area contributed by atoms with Gasteiger partial charge in [-0.05, 0) is 51.0 Å². The predicted octanol–water partition coefficient (Wildman–Crippen LogP) is 1.88. The van der Waals surface area contributed by atoms with Crippen molar-refractivity contribution in [3.05, 3.63) is 18.2 Å². The van der Waals surface area contributed by atoms with E-state index < -0.39 is 0 Å². The molecule has 2 aliphatic heterocycles. The summed E-state index contributed by atoms with van der Waals surface area (Å²) >= 11 is 0. The molecule has 114 valence electrons. The molecule has 1 aromatic rings. The summed E-state index contributed by atoms with van der Waals surface area (Å²) in [7, 11) is 2.13. The van der Waals surface area contributed by atoms with E-state index in [9.17, 15) is 4.79 Å². The van der Waals surface area contributed by atoms with Crippen molar-refractivity contribution >= 4 is 11.7 Å². The molecule has 6 nitrogen and oxygen atoms in total. The summed E-state index contributed by atoms with van der Waals surface area (Å²) in [6.45, 7) is 3.18. The van der Waals surface area contributed by atoms with Crippen molar-refractivity contribution in [2.75, 3.05) is 38.8 Å². The zero-order valence-corrected chi connectivity index (χ0v) is 12.2. The summed E-state index contributed by atoms with van der Waals surface area (Å²) < 4.78 is 10.5. The van der Waals surface area contributed by atoms with Crippen LogP contribution in [0.5, 0.6) is 11.5 Å². The number of carbonyl (C=O) groups is 1. The lowest BCUT2D eigenvalue weighted by molar-refractivity contribution is 0.174.